The quantitative estimate of drug-likeness (QED) is 0.735. The van der Waals surface area contributed by atoms with E-state index in [1.54, 1.807) is 0 Å². The Bertz CT molecular complexity index is 469. The van der Waals surface area contributed by atoms with Crippen molar-refractivity contribution in [1.29, 1.82) is 0 Å². The van der Waals surface area contributed by atoms with Gasteiger partial charge in [0, 0.05) is 12.8 Å². The average Bonchev–Trinajstić information content (AvgIpc) is 2.72. The largest absolute Gasteiger partial charge is 0.365 e. The monoisotopic (exact) mass is 263 g/mol. The van der Waals surface area contributed by atoms with Crippen LogP contribution in [0.2, 0.25) is 0 Å². The minimum Gasteiger partial charge on any atom is -0.365 e. The summed E-state index contributed by atoms with van der Waals surface area (Å²) in [4.78, 5) is 38.4. The second-order valence-corrected chi connectivity index (χ2v) is 4.02. The van der Waals surface area contributed by atoms with Crippen molar-refractivity contribution in [1.82, 2.24) is 5.06 Å². The molecule has 0 aliphatic carbocycles. The Labute approximate surface area is 109 Å². The molecule has 2 rings (SSSR count). The maximum atomic E-state index is 11.4. The second kappa shape index (κ2) is 6.10. The third kappa shape index (κ3) is 3.62. The molecule has 0 aromatic heterocycles. The lowest BCUT2D eigenvalue weighted by Crippen LogP contribution is -2.33. The van der Waals surface area contributed by atoms with Gasteiger partial charge in [0.25, 0.3) is 11.8 Å². The van der Waals surface area contributed by atoms with E-state index in [1.807, 2.05) is 30.3 Å². The lowest BCUT2D eigenvalue weighted by Gasteiger charge is -2.12. The van der Waals surface area contributed by atoms with Gasteiger partial charge in [-0.05, 0) is 5.56 Å². The van der Waals surface area contributed by atoms with Crippen LogP contribution in [-0.4, -0.2) is 29.5 Å². The molecule has 2 amide bonds. The van der Waals surface area contributed by atoms with Crippen LogP contribution in [0.3, 0.4) is 0 Å². The Balaban J connectivity index is 1.73. The van der Waals surface area contributed by atoms with Crippen LogP contribution in [-0.2, 0) is 30.6 Å². The average molecular weight is 263 g/mol. The Morgan fingerprint density at radius 3 is 2.37 bits per heavy atom. The number of carbonyl (C=O) groups is 3. The lowest BCUT2D eigenvalue weighted by molar-refractivity contribution is -0.200. The number of amides is 2. The van der Waals surface area contributed by atoms with Crippen LogP contribution in [0, 0.1) is 0 Å². The molecule has 19 heavy (non-hydrogen) atoms. The van der Waals surface area contributed by atoms with Gasteiger partial charge in [-0.2, -0.15) is 0 Å². The van der Waals surface area contributed by atoms with Gasteiger partial charge < -0.3 is 9.57 Å². The van der Waals surface area contributed by atoms with Crippen molar-refractivity contribution in [3.63, 3.8) is 0 Å². The van der Waals surface area contributed by atoms with Gasteiger partial charge in [0.05, 0.1) is 6.61 Å². The molecule has 1 saturated heterocycles. The van der Waals surface area contributed by atoms with Gasteiger partial charge in [-0.15, -0.1) is 5.06 Å². The van der Waals surface area contributed by atoms with E-state index in [9.17, 15) is 14.4 Å². The smallest absolute Gasteiger partial charge is 0.358 e. The van der Waals surface area contributed by atoms with E-state index < -0.39 is 17.8 Å². The molecule has 0 unspecified atom stereocenters. The summed E-state index contributed by atoms with van der Waals surface area (Å²) < 4.78 is 5.14. The summed E-state index contributed by atoms with van der Waals surface area (Å²) in [7, 11) is 0. The molecule has 6 heteroatoms. The molecular weight excluding hydrogens is 250 g/mol. The Kier molecular flexibility index (Phi) is 4.25. The number of hydrogen-bond donors (Lipinski definition) is 0. The summed E-state index contributed by atoms with van der Waals surface area (Å²) in [5, 5.41) is 0.508. The zero-order valence-electron chi connectivity index (χ0n) is 10.2. The molecule has 0 radical (unpaired) electrons. The predicted octanol–water partition coefficient (Wildman–Crippen LogP) is 0.810. The first-order chi connectivity index (χ1) is 9.16. The highest BCUT2D eigenvalue weighted by molar-refractivity contribution is 6.01. The summed E-state index contributed by atoms with van der Waals surface area (Å²) in [5.41, 5.74) is 0.920. The summed E-state index contributed by atoms with van der Waals surface area (Å²) in [5.74, 6) is -1.76. The van der Waals surface area contributed by atoms with Crippen LogP contribution in [0.1, 0.15) is 18.4 Å². The maximum absolute atomic E-state index is 11.4. The van der Waals surface area contributed by atoms with Gasteiger partial charge >= 0.3 is 5.97 Å². The fraction of sp³-hybridized carbons (Fsp3) is 0.308. The fourth-order valence-corrected chi connectivity index (χ4v) is 1.61. The third-order valence-corrected chi connectivity index (χ3v) is 2.53. The van der Waals surface area contributed by atoms with Gasteiger partial charge in [0.15, 0.2) is 0 Å². The van der Waals surface area contributed by atoms with E-state index in [4.69, 9.17) is 4.74 Å². The molecular formula is C13H13NO5. The van der Waals surface area contributed by atoms with E-state index >= 15 is 0 Å². The van der Waals surface area contributed by atoms with E-state index in [0.29, 0.717) is 5.06 Å². The molecule has 0 spiro atoms. The summed E-state index contributed by atoms with van der Waals surface area (Å²) in [6.45, 7) is -0.0518. The number of carbonyl (C=O) groups excluding carboxylic acids is 3. The Hall–Kier alpha value is -2.21. The number of rotatable bonds is 5. The number of imide groups is 1. The zero-order chi connectivity index (χ0) is 13.7. The van der Waals surface area contributed by atoms with Crippen LogP contribution in [0.4, 0.5) is 0 Å². The highest BCUT2D eigenvalue weighted by atomic mass is 16.7. The molecule has 1 aliphatic heterocycles. The summed E-state index contributed by atoms with van der Waals surface area (Å²) >= 11 is 0. The predicted molar refractivity (Wildman–Crippen MR) is 63.3 cm³/mol. The van der Waals surface area contributed by atoms with Crippen LogP contribution in [0.15, 0.2) is 30.3 Å². The van der Waals surface area contributed by atoms with Crippen molar-refractivity contribution in [3.8, 4) is 0 Å². The maximum Gasteiger partial charge on any atom is 0.358 e. The fourth-order valence-electron chi connectivity index (χ4n) is 1.61. The molecule has 6 nitrogen and oxygen atoms in total. The van der Waals surface area contributed by atoms with Crippen LogP contribution < -0.4 is 0 Å². The summed E-state index contributed by atoms with van der Waals surface area (Å²) in [6, 6.07) is 9.32. The van der Waals surface area contributed by atoms with Crippen molar-refractivity contribution < 1.29 is 24.0 Å². The number of hydrogen-bond acceptors (Lipinski definition) is 5. The van der Waals surface area contributed by atoms with Gasteiger partial charge in [-0.1, -0.05) is 30.3 Å². The Morgan fingerprint density at radius 2 is 1.74 bits per heavy atom. The first-order valence-electron chi connectivity index (χ1n) is 5.85. The standard InChI is InChI=1S/C13H13NO5/c15-11-6-7-12(16)14(11)19-13(17)9-18-8-10-4-2-1-3-5-10/h1-5H,6-9H2. The molecule has 0 atom stereocenters. The van der Waals surface area contributed by atoms with Crippen molar-refractivity contribution >= 4 is 17.8 Å². The Morgan fingerprint density at radius 1 is 1.11 bits per heavy atom. The van der Waals surface area contributed by atoms with Gasteiger partial charge in [-0.3, -0.25) is 9.59 Å². The second-order valence-electron chi connectivity index (χ2n) is 4.02. The molecule has 100 valence electrons. The van der Waals surface area contributed by atoms with Gasteiger partial charge in [-0.25, -0.2) is 4.79 Å². The van der Waals surface area contributed by atoms with Crippen molar-refractivity contribution in [2.75, 3.05) is 6.61 Å². The molecule has 1 aliphatic rings. The SMILES string of the molecule is O=C(COCc1ccccc1)ON1C(=O)CCC1=O. The molecule has 1 aromatic carbocycles. The van der Waals surface area contributed by atoms with E-state index in [-0.39, 0.29) is 26.1 Å². The number of ether oxygens (including phenoxy) is 1. The zero-order valence-corrected chi connectivity index (χ0v) is 10.2. The minimum atomic E-state index is -0.764. The first-order valence-corrected chi connectivity index (χ1v) is 5.85. The molecule has 1 fully saturated rings. The highest BCUT2D eigenvalue weighted by Crippen LogP contribution is 2.12. The third-order valence-electron chi connectivity index (χ3n) is 2.53. The van der Waals surface area contributed by atoms with Gasteiger partial charge in [0.2, 0.25) is 0 Å². The van der Waals surface area contributed by atoms with Crippen LogP contribution in [0.5, 0.6) is 0 Å². The van der Waals surface area contributed by atoms with Gasteiger partial charge in [0.1, 0.15) is 6.61 Å². The molecule has 1 heterocycles. The van der Waals surface area contributed by atoms with Crippen molar-refractivity contribution in [2.45, 2.75) is 19.4 Å². The number of benzene rings is 1. The highest BCUT2D eigenvalue weighted by Gasteiger charge is 2.32. The normalized spacial score (nSPS) is 14.8. The van der Waals surface area contributed by atoms with E-state index in [2.05, 4.69) is 4.84 Å². The van der Waals surface area contributed by atoms with Crippen molar-refractivity contribution in [2.24, 2.45) is 0 Å². The minimum absolute atomic E-state index is 0.0803. The number of nitrogens with zero attached hydrogens (tertiary/aromatic N) is 1. The lowest BCUT2D eigenvalue weighted by atomic mass is 10.2. The topological polar surface area (TPSA) is 72.9 Å². The first kappa shape index (κ1) is 13.2. The molecule has 0 N–H and O–H groups in total. The van der Waals surface area contributed by atoms with E-state index in [1.165, 1.54) is 0 Å². The van der Waals surface area contributed by atoms with Crippen molar-refractivity contribution in [3.05, 3.63) is 35.9 Å². The number of hydroxylamine groups is 2. The van der Waals surface area contributed by atoms with E-state index in [0.717, 1.165) is 5.56 Å². The molecule has 0 bridgehead atoms. The summed E-state index contributed by atoms with van der Waals surface area (Å²) in [6.07, 6.45) is 0.161. The van der Waals surface area contributed by atoms with Crippen LogP contribution >= 0.6 is 0 Å². The molecule has 1 aromatic rings. The van der Waals surface area contributed by atoms with Crippen LogP contribution in [0.25, 0.3) is 0 Å². The molecule has 0 saturated carbocycles.